The molecule has 0 unspecified atom stereocenters. The van der Waals surface area contributed by atoms with Gasteiger partial charge >= 0.3 is 5.76 Å². The maximum atomic E-state index is 12.6. The first-order chi connectivity index (χ1) is 12.9. The number of aromatic nitrogens is 2. The molecular formula is C15H15ClN4O4S3. The Morgan fingerprint density at radius 2 is 1.96 bits per heavy atom. The molecule has 0 spiro atoms. The molecule has 1 saturated heterocycles. The van der Waals surface area contributed by atoms with Crippen LogP contribution in [0, 0.1) is 0 Å². The van der Waals surface area contributed by atoms with Crippen LogP contribution in [-0.2, 0) is 16.7 Å². The van der Waals surface area contributed by atoms with Crippen LogP contribution in [0.3, 0.4) is 0 Å². The predicted octanol–water partition coefficient (Wildman–Crippen LogP) is 2.24. The molecule has 1 fully saturated rings. The highest BCUT2D eigenvalue weighted by Crippen LogP contribution is 2.28. The van der Waals surface area contributed by atoms with E-state index in [1.165, 1.54) is 26.4 Å². The van der Waals surface area contributed by atoms with Gasteiger partial charge in [0.1, 0.15) is 10.9 Å². The fraction of sp³-hybridized carbons (Fsp3) is 0.333. The van der Waals surface area contributed by atoms with E-state index in [0.29, 0.717) is 36.4 Å². The summed E-state index contributed by atoms with van der Waals surface area (Å²) in [4.78, 5) is 14.8. The van der Waals surface area contributed by atoms with Crippen LogP contribution in [0.4, 0.5) is 0 Å². The van der Waals surface area contributed by atoms with Crippen molar-refractivity contribution in [3.63, 3.8) is 0 Å². The van der Waals surface area contributed by atoms with Gasteiger partial charge in [0.25, 0.3) is 15.9 Å². The molecule has 4 heterocycles. The lowest BCUT2D eigenvalue weighted by atomic mass is 10.4. The average Bonchev–Trinajstić information content (AvgIpc) is 3.38. The first-order valence-corrected chi connectivity index (χ1v) is 11.5. The lowest BCUT2D eigenvalue weighted by molar-refractivity contribution is 0.142. The lowest BCUT2D eigenvalue weighted by Gasteiger charge is -2.33. The molecule has 0 N–H and O–H groups in total. The van der Waals surface area contributed by atoms with E-state index in [1.54, 1.807) is 6.07 Å². The van der Waals surface area contributed by atoms with Gasteiger partial charge in [0.05, 0.1) is 9.21 Å². The van der Waals surface area contributed by atoms with Crippen molar-refractivity contribution in [2.75, 3.05) is 26.2 Å². The third kappa shape index (κ3) is 3.89. The van der Waals surface area contributed by atoms with E-state index in [2.05, 4.69) is 5.10 Å². The molecule has 8 nitrogen and oxygen atoms in total. The minimum Gasteiger partial charge on any atom is -0.387 e. The Labute approximate surface area is 168 Å². The fourth-order valence-corrected chi connectivity index (χ4v) is 6.46. The molecule has 0 saturated carbocycles. The standard InChI is InChI=1S/C15H15ClN4O4S3/c16-12-3-4-13(26-12)27(22,23)19-7-5-18(6-8-19)10-20-15(21)24-14(17-20)11-2-1-9-25-11/h1-4,9H,5-8,10H2. The summed E-state index contributed by atoms with van der Waals surface area (Å²) in [7, 11) is -3.53. The molecular weight excluding hydrogens is 432 g/mol. The highest BCUT2D eigenvalue weighted by molar-refractivity contribution is 7.91. The van der Waals surface area contributed by atoms with Crippen molar-refractivity contribution in [1.82, 2.24) is 19.0 Å². The summed E-state index contributed by atoms with van der Waals surface area (Å²) >= 11 is 8.35. The summed E-state index contributed by atoms with van der Waals surface area (Å²) in [6.07, 6.45) is 0. The Hall–Kier alpha value is -1.50. The van der Waals surface area contributed by atoms with Crippen molar-refractivity contribution < 1.29 is 12.8 Å². The second-order valence-electron chi connectivity index (χ2n) is 5.87. The van der Waals surface area contributed by atoms with Gasteiger partial charge < -0.3 is 4.42 Å². The monoisotopic (exact) mass is 446 g/mol. The first-order valence-electron chi connectivity index (χ1n) is 8.03. The number of rotatable bonds is 5. The van der Waals surface area contributed by atoms with Gasteiger partial charge in [-0.25, -0.2) is 13.2 Å². The fourth-order valence-electron chi connectivity index (χ4n) is 2.76. The molecule has 0 radical (unpaired) electrons. The van der Waals surface area contributed by atoms with Crippen LogP contribution in [0.25, 0.3) is 10.8 Å². The van der Waals surface area contributed by atoms with Crippen LogP contribution in [0.15, 0.2) is 43.1 Å². The van der Waals surface area contributed by atoms with Crippen molar-refractivity contribution in [3.8, 4) is 10.8 Å². The van der Waals surface area contributed by atoms with Gasteiger partial charge in [0, 0.05) is 26.2 Å². The van der Waals surface area contributed by atoms with E-state index in [0.717, 1.165) is 16.2 Å². The minimum atomic E-state index is -3.53. The van der Waals surface area contributed by atoms with Crippen LogP contribution in [-0.4, -0.2) is 53.6 Å². The third-order valence-corrected chi connectivity index (χ3v) is 8.60. The molecule has 1 aliphatic rings. The molecule has 0 aromatic carbocycles. The van der Waals surface area contributed by atoms with Gasteiger partial charge in [0.2, 0.25) is 0 Å². The zero-order valence-corrected chi connectivity index (χ0v) is 17.2. The maximum Gasteiger partial charge on any atom is 0.438 e. The van der Waals surface area contributed by atoms with Crippen molar-refractivity contribution in [3.05, 3.63) is 44.5 Å². The van der Waals surface area contributed by atoms with Crippen LogP contribution >= 0.6 is 34.3 Å². The lowest BCUT2D eigenvalue weighted by Crippen LogP contribution is -2.49. The zero-order chi connectivity index (χ0) is 19.0. The Bertz CT molecular complexity index is 1080. The summed E-state index contributed by atoms with van der Waals surface area (Å²) in [6, 6.07) is 6.80. The van der Waals surface area contributed by atoms with Crippen LogP contribution in [0.1, 0.15) is 0 Å². The van der Waals surface area contributed by atoms with Gasteiger partial charge in [-0.15, -0.1) is 27.8 Å². The summed E-state index contributed by atoms with van der Waals surface area (Å²) in [5.74, 6) is -0.229. The number of hydrogen-bond acceptors (Lipinski definition) is 8. The predicted molar refractivity (Wildman–Crippen MR) is 104 cm³/mol. The molecule has 0 bridgehead atoms. The van der Waals surface area contributed by atoms with Crippen molar-refractivity contribution in [2.24, 2.45) is 0 Å². The Balaban J connectivity index is 1.41. The molecule has 12 heteroatoms. The van der Waals surface area contributed by atoms with E-state index in [9.17, 15) is 13.2 Å². The van der Waals surface area contributed by atoms with Crippen molar-refractivity contribution in [1.29, 1.82) is 0 Å². The van der Waals surface area contributed by atoms with Gasteiger partial charge in [0.15, 0.2) is 0 Å². The topological polar surface area (TPSA) is 88.7 Å². The number of thiophene rings is 2. The third-order valence-electron chi connectivity index (χ3n) is 4.15. The second-order valence-corrected chi connectivity index (χ2v) is 10.7. The Morgan fingerprint density at radius 1 is 1.19 bits per heavy atom. The minimum absolute atomic E-state index is 0.245. The van der Waals surface area contributed by atoms with Crippen molar-refractivity contribution >= 4 is 44.3 Å². The molecule has 3 aromatic heterocycles. The van der Waals surface area contributed by atoms with Gasteiger partial charge in [-0.05, 0) is 23.6 Å². The first kappa shape index (κ1) is 18.8. The molecule has 27 heavy (non-hydrogen) atoms. The van der Waals surface area contributed by atoms with Crippen LogP contribution in [0.2, 0.25) is 4.34 Å². The molecule has 1 aliphatic heterocycles. The highest BCUT2D eigenvalue weighted by atomic mass is 35.5. The average molecular weight is 447 g/mol. The molecule has 3 aromatic rings. The highest BCUT2D eigenvalue weighted by Gasteiger charge is 2.30. The van der Waals surface area contributed by atoms with Crippen molar-refractivity contribution in [2.45, 2.75) is 10.9 Å². The summed E-state index contributed by atoms with van der Waals surface area (Å²) < 4.78 is 33.9. The number of sulfonamides is 1. The number of halogens is 1. The number of piperazine rings is 1. The maximum absolute atomic E-state index is 12.6. The van der Waals surface area contributed by atoms with E-state index in [1.807, 2.05) is 22.4 Å². The van der Waals surface area contributed by atoms with Gasteiger partial charge in [-0.2, -0.15) is 8.99 Å². The van der Waals surface area contributed by atoms with E-state index >= 15 is 0 Å². The molecule has 144 valence electrons. The molecule has 0 aliphatic carbocycles. The van der Waals surface area contributed by atoms with Crippen LogP contribution in [0.5, 0.6) is 0 Å². The summed E-state index contributed by atoms with van der Waals surface area (Å²) in [5, 5.41) is 6.11. The molecule has 4 rings (SSSR count). The van der Waals surface area contributed by atoms with E-state index in [4.69, 9.17) is 16.0 Å². The SMILES string of the molecule is O=c1oc(-c2cccs2)nn1CN1CCN(S(=O)(=O)c2ccc(Cl)s2)CC1. The van der Waals surface area contributed by atoms with E-state index < -0.39 is 15.8 Å². The summed E-state index contributed by atoms with van der Waals surface area (Å²) in [5.41, 5.74) is 0. The molecule has 0 amide bonds. The number of hydrogen-bond donors (Lipinski definition) is 0. The Morgan fingerprint density at radius 3 is 2.59 bits per heavy atom. The van der Waals surface area contributed by atoms with Crippen LogP contribution < -0.4 is 5.76 Å². The molecule has 0 atom stereocenters. The van der Waals surface area contributed by atoms with E-state index in [-0.39, 0.29) is 10.9 Å². The van der Waals surface area contributed by atoms with Gasteiger partial charge in [-0.3, -0.25) is 4.90 Å². The summed E-state index contributed by atoms with van der Waals surface area (Å²) in [6.45, 7) is 1.91. The normalized spacial score (nSPS) is 16.8. The largest absolute Gasteiger partial charge is 0.438 e. The zero-order valence-electron chi connectivity index (χ0n) is 13.9. The van der Waals surface area contributed by atoms with Gasteiger partial charge in [-0.1, -0.05) is 17.7 Å². The smallest absolute Gasteiger partial charge is 0.387 e. The second kappa shape index (κ2) is 7.49. The quantitative estimate of drug-likeness (QED) is 0.597. The Kier molecular flexibility index (Phi) is 5.23. The number of nitrogens with zero attached hydrogens (tertiary/aromatic N) is 4.